The van der Waals surface area contributed by atoms with Crippen LogP contribution in [0.25, 0.3) is 0 Å². The average molecular weight is 209 g/mol. The second kappa shape index (κ2) is 16.4. The zero-order valence-corrected chi connectivity index (χ0v) is 9.36. The summed E-state index contributed by atoms with van der Waals surface area (Å²) in [6.45, 7) is 3.14. The Hall–Kier alpha value is 0.960. The summed E-state index contributed by atoms with van der Waals surface area (Å²) in [4.78, 5) is 0. The van der Waals surface area contributed by atoms with Gasteiger partial charge in [-0.15, -0.1) is 0 Å². The van der Waals surface area contributed by atoms with Crippen LogP contribution in [0.1, 0.15) is 71.1 Å². The molecule has 0 unspecified atom stereocenters. The van der Waals surface area contributed by atoms with Gasteiger partial charge in [0.25, 0.3) is 0 Å². The summed E-state index contributed by atoms with van der Waals surface area (Å²) in [6, 6.07) is 0. The van der Waals surface area contributed by atoms with E-state index in [0.717, 1.165) is 6.54 Å². The standard InChI is InChI=1S/C12H27N.Na.H/c1-2-3-4-5-6-7-8-9-10-11-12-13;;/h2-13H2,1H3;;. The molecule has 2 heteroatoms. The summed E-state index contributed by atoms with van der Waals surface area (Å²) in [5, 5.41) is 0. The molecule has 0 aliphatic rings. The Morgan fingerprint density at radius 1 is 0.643 bits per heavy atom. The molecule has 14 heavy (non-hydrogen) atoms. The first kappa shape index (κ1) is 17.4. The van der Waals surface area contributed by atoms with Gasteiger partial charge in [-0.2, -0.15) is 0 Å². The predicted octanol–water partition coefficient (Wildman–Crippen LogP) is 3.22. The zero-order valence-electron chi connectivity index (χ0n) is 9.36. The van der Waals surface area contributed by atoms with Crippen molar-refractivity contribution in [1.82, 2.24) is 0 Å². The molecule has 0 aliphatic heterocycles. The molecule has 0 saturated heterocycles. The summed E-state index contributed by atoms with van der Waals surface area (Å²) in [7, 11) is 0. The van der Waals surface area contributed by atoms with Gasteiger partial charge in [0.05, 0.1) is 0 Å². The number of unbranched alkanes of at least 4 members (excludes halogenated alkanes) is 9. The quantitative estimate of drug-likeness (QED) is 0.434. The summed E-state index contributed by atoms with van der Waals surface area (Å²) in [6.07, 6.45) is 13.9. The van der Waals surface area contributed by atoms with Crippen molar-refractivity contribution in [1.29, 1.82) is 0 Å². The molecule has 0 bridgehead atoms. The molecular formula is C12H28NNa. The summed E-state index contributed by atoms with van der Waals surface area (Å²) in [5.74, 6) is 0. The van der Waals surface area contributed by atoms with Gasteiger partial charge in [-0.1, -0.05) is 64.7 Å². The first-order valence-electron chi connectivity index (χ1n) is 6.12. The monoisotopic (exact) mass is 209 g/mol. The molecule has 0 spiro atoms. The maximum atomic E-state index is 5.42. The molecule has 0 saturated carbocycles. The third kappa shape index (κ3) is 15.4. The van der Waals surface area contributed by atoms with E-state index in [0.29, 0.717) is 0 Å². The topological polar surface area (TPSA) is 26.0 Å². The minimum absolute atomic E-state index is 0. The second-order valence-electron chi connectivity index (χ2n) is 3.97. The molecule has 0 heterocycles. The molecular weight excluding hydrogens is 181 g/mol. The first-order chi connectivity index (χ1) is 6.41. The minimum atomic E-state index is 0. The molecule has 0 aromatic rings. The van der Waals surface area contributed by atoms with Gasteiger partial charge in [-0.3, -0.25) is 0 Å². The van der Waals surface area contributed by atoms with Gasteiger partial charge < -0.3 is 5.73 Å². The van der Waals surface area contributed by atoms with Crippen LogP contribution in [-0.2, 0) is 0 Å². The molecule has 0 aliphatic carbocycles. The van der Waals surface area contributed by atoms with Gasteiger partial charge in [0.1, 0.15) is 0 Å². The van der Waals surface area contributed by atoms with E-state index in [1.54, 1.807) is 0 Å². The van der Waals surface area contributed by atoms with Crippen LogP contribution >= 0.6 is 0 Å². The van der Waals surface area contributed by atoms with Crippen LogP contribution < -0.4 is 5.73 Å². The van der Waals surface area contributed by atoms with E-state index in [4.69, 9.17) is 5.73 Å². The first-order valence-corrected chi connectivity index (χ1v) is 6.12. The number of nitrogens with two attached hydrogens (primary N) is 1. The molecule has 0 radical (unpaired) electrons. The number of rotatable bonds is 10. The van der Waals surface area contributed by atoms with Crippen LogP contribution in [0.3, 0.4) is 0 Å². The number of hydrogen-bond acceptors (Lipinski definition) is 1. The summed E-state index contributed by atoms with van der Waals surface area (Å²) in [5.41, 5.74) is 5.42. The van der Waals surface area contributed by atoms with E-state index in [1.165, 1.54) is 64.2 Å². The van der Waals surface area contributed by atoms with Crippen molar-refractivity contribution in [3.63, 3.8) is 0 Å². The Labute approximate surface area is 113 Å². The molecule has 0 fully saturated rings. The Bertz CT molecular complexity index is 76.4. The molecule has 0 atom stereocenters. The van der Waals surface area contributed by atoms with Gasteiger partial charge in [0.15, 0.2) is 0 Å². The van der Waals surface area contributed by atoms with Crippen LogP contribution in [0.15, 0.2) is 0 Å². The third-order valence-electron chi connectivity index (χ3n) is 2.56. The van der Waals surface area contributed by atoms with E-state index >= 15 is 0 Å². The van der Waals surface area contributed by atoms with Crippen LogP contribution in [0.4, 0.5) is 0 Å². The van der Waals surface area contributed by atoms with Gasteiger partial charge in [0.2, 0.25) is 0 Å². The Morgan fingerprint density at radius 3 is 1.36 bits per heavy atom. The molecule has 0 rings (SSSR count). The normalized spacial score (nSPS) is 9.86. The van der Waals surface area contributed by atoms with Gasteiger partial charge in [0, 0.05) is 0 Å². The second-order valence-corrected chi connectivity index (χ2v) is 3.97. The summed E-state index contributed by atoms with van der Waals surface area (Å²) < 4.78 is 0. The third-order valence-corrected chi connectivity index (χ3v) is 2.56. The summed E-state index contributed by atoms with van der Waals surface area (Å²) >= 11 is 0. The van der Waals surface area contributed by atoms with Crippen molar-refractivity contribution in [2.45, 2.75) is 71.1 Å². The van der Waals surface area contributed by atoms with Crippen LogP contribution in [0.5, 0.6) is 0 Å². The van der Waals surface area contributed by atoms with Crippen molar-refractivity contribution in [2.75, 3.05) is 6.54 Å². The van der Waals surface area contributed by atoms with Crippen molar-refractivity contribution in [3.8, 4) is 0 Å². The fraction of sp³-hybridized carbons (Fsp3) is 1.00. The van der Waals surface area contributed by atoms with Gasteiger partial charge in [-0.05, 0) is 13.0 Å². The Morgan fingerprint density at radius 2 is 1.00 bits per heavy atom. The van der Waals surface area contributed by atoms with Crippen molar-refractivity contribution in [2.24, 2.45) is 5.73 Å². The van der Waals surface area contributed by atoms with E-state index < -0.39 is 0 Å². The fourth-order valence-electron chi connectivity index (χ4n) is 1.63. The van der Waals surface area contributed by atoms with Crippen molar-refractivity contribution >= 4 is 29.6 Å². The van der Waals surface area contributed by atoms with E-state index in [9.17, 15) is 0 Å². The number of hydrogen-bond donors (Lipinski definition) is 1. The van der Waals surface area contributed by atoms with E-state index in [-0.39, 0.29) is 29.6 Å². The maximum absolute atomic E-state index is 5.42. The molecule has 82 valence electrons. The van der Waals surface area contributed by atoms with Crippen LogP contribution in [0, 0.1) is 0 Å². The Balaban J connectivity index is 0. The van der Waals surface area contributed by atoms with Crippen LogP contribution in [0.2, 0.25) is 0 Å². The van der Waals surface area contributed by atoms with E-state index in [2.05, 4.69) is 6.92 Å². The van der Waals surface area contributed by atoms with Crippen molar-refractivity contribution < 1.29 is 0 Å². The van der Waals surface area contributed by atoms with Gasteiger partial charge >= 0.3 is 29.6 Å². The van der Waals surface area contributed by atoms with Crippen molar-refractivity contribution in [3.05, 3.63) is 0 Å². The molecule has 0 aromatic heterocycles. The van der Waals surface area contributed by atoms with Gasteiger partial charge in [-0.25, -0.2) is 0 Å². The molecule has 1 nitrogen and oxygen atoms in total. The molecule has 0 amide bonds. The molecule has 0 aromatic carbocycles. The fourth-order valence-corrected chi connectivity index (χ4v) is 1.63. The van der Waals surface area contributed by atoms with E-state index in [1.807, 2.05) is 0 Å². The zero-order chi connectivity index (χ0) is 9.78. The van der Waals surface area contributed by atoms with Crippen LogP contribution in [-0.4, -0.2) is 36.1 Å². The predicted molar refractivity (Wildman–Crippen MR) is 68.0 cm³/mol. The Kier molecular flexibility index (Phi) is 20.3. The average Bonchev–Trinajstić information content (AvgIpc) is 2.16. The molecule has 2 N–H and O–H groups in total. The SMILES string of the molecule is CCCCCCCCCCCCN.[NaH].